The topological polar surface area (TPSA) is 157 Å². The Morgan fingerprint density at radius 1 is 0.646 bits per heavy atom. The van der Waals surface area contributed by atoms with E-state index in [-0.39, 0.29) is 29.6 Å². The lowest BCUT2D eigenvalue weighted by Gasteiger charge is -2.40. The van der Waals surface area contributed by atoms with Gasteiger partial charge in [-0.1, -0.05) is 68.2 Å². The fraction of sp³-hybridized carbons (Fsp3) is 0.765. The van der Waals surface area contributed by atoms with E-state index in [1.807, 2.05) is 27.7 Å². The summed E-state index contributed by atoms with van der Waals surface area (Å²) >= 11 is 0. The first-order chi connectivity index (χ1) is 22.1. The van der Waals surface area contributed by atoms with Crippen molar-refractivity contribution in [3.05, 3.63) is 11.5 Å². The quantitative estimate of drug-likeness (QED) is 0.207. The van der Waals surface area contributed by atoms with Crippen LogP contribution in [-0.4, -0.2) is 131 Å². The number of likely N-dealkylation sites (N-methyl/N-ethyl adjacent to an activating group) is 5. The molecule has 6 amide bonds. The zero-order chi connectivity index (χ0) is 37.8. The summed E-state index contributed by atoms with van der Waals surface area (Å²) in [5.74, 6) is -3.82. The molecular weight excluding hydrogens is 636 g/mol. The molecule has 0 fully saturated rings. The van der Waals surface area contributed by atoms with Crippen molar-refractivity contribution in [1.82, 2.24) is 30.2 Å². The predicted molar refractivity (Wildman–Crippen MR) is 190 cm³/mol. The molecule has 0 saturated carbocycles. The molecule has 276 valence electrons. The SMILES string of the molecule is CC[C@H](C)[C@@H](C(=O)NC)N(C)C(=O)[C@@H](NC(=O)[C@H](C(C)C)N(C)C(=O)[C@H]([C@@H](C)CC)N(C)C(=O)[C@H](C)N(C)C(=O)/C=C/S(C)=O)C(C)C. The Balaban J connectivity index is 6.42. The van der Waals surface area contributed by atoms with Crippen LogP contribution >= 0.6 is 0 Å². The van der Waals surface area contributed by atoms with Crippen molar-refractivity contribution in [2.75, 3.05) is 41.5 Å². The normalized spacial score (nSPS) is 16.6. The van der Waals surface area contributed by atoms with Gasteiger partial charge < -0.3 is 30.2 Å². The van der Waals surface area contributed by atoms with Crippen LogP contribution in [0.3, 0.4) is 0 Å². The molecule has 8 atom stereocenters. The van der Waals surface area contributed by atoms with Crippen molar-refractivity contribution in [2.45, 2.75) is 105 Å². The summed E-state index contributed by atoms with van der Waals surface area (Å²) in [4.78, 5) is 86.2. The highest BCUT2D eigenvalue weighted by Gasteiger charge is 2.42. The third-order valence-corrected chi connectivity index (χ3v) is 9.77. The maximum Gasteiger partial charge on any atom is 0.247 e. The maximum absolute atomic E-state index is 14.2. The van der Waals surface area contributed by atoms with Gasteiger partial charge in [0.2, 0.25) is 35.4 Å². The van der Waals surface area contributed by atoms with Gasteiger partial charge in [0.25, 0.3) is 0 Å². The number of carbonyl (C=O) groups is 6. The van der Waals surface area contributed by atoms with E-state index in [2.05, 4.69) is 10.6 Å². The molecular formula is C34H62N6O7S. The Kier molecular flexibility index (Phi) is 18.9. The summed E-state index contributed by atoms with van der Waals surface area (Å²) in [6, 6.07) is -4.58. The lowest BCUT2D eigenvalue weighted by atomic mass is 9.93. The van der Waals surface area contributed by atoms with E-state index in [9.17, 15) is 33.0 Å². The molecule has 0 aromatic rings. The minimum absolute atomic E-state index is 0.134. The molecule has 48 heavy (non-hydrogen) atoms. The Bertz CT molecular complexity index is 1190. The minimum atomic E-state index is -1.34. The minimum Gasteiger partial charge on any atom is -0.357 e. The van der Waals surface area contributed by atoms with Crippen LogP contribution in [0.15, 0.2) is 11.5 Å². The molecule has 0 rings (SSSR count). The van der Waals surface area contributed by atoms with Gasteiger partial charge in [0.15, 0.2) is 0 Å². The van der Waals surface area contributed by atoms with Gasteiger partial charge in [-0.15, -0.1) is 0 Å². The van der Waals surface area contributed by atoms with Gasteiger partial charge in [-0.05, 0) is 30.6 Å². The van der Waals surface area contributed by atoms with Crippen LogP contribution in [0.5, 0.6) is 0 Å². The summed E-state index contributed by atoms with van der Waals surface area (Å²) in [5, 5.41) is 6.74. The van der Waals surface area contributed by atoms with Gasteiger partial charge in [-0.25, -0.2) is 0 Å². The largest absolute Gasteiger partial charge is 0.357 e. The second-order valence-electron chi connectivity index (χ2n) is 13.5. The van der Waals surface area contributed by atoms with Crippen LogP contribution in [0.4, 0.5) is 0 Å². The van der Waals surface area contributed by atoms with Crippen molar-refractivity contribution < 1.29 is 33.0 Å². The van der Waals surface area contributed by atoms with E-state index in [4.69, 9.17) is 0 Å². The highest BCUT2D eigenvalue weighted by Crippen LogP contribution is 2.22. The lowest BCUT2D eigenvalue weighted by Crippen LogP contribution is -2.62. The smallest absolute Gasteiger partial charge is 0.247 e. The zero-order valence-electron chi connectivity index (χ0n) is 31.8. The number of nitrogens with one attached hydrogen (secondary N) is 2. The first-order valence-electron chi connectivity index (χ1n) is 16.7. The number of hydrogen-bond donors (Lipinski definition) is 2. The van der Waals surface area contributed by atoms with Gasteiger partial charge in [0.1, 0.15) is 30.2 Å². The van der Waals surface area contributed by atoms with E-state index < -0.39 is 70.5 Å². The molecule has 2 N–H and O–H groups in total. The van der Waals surface area contributed by atoms with Crippen LogP contribution in [0, 0.1) is 23.7 Å². The molecule has 0 radical (unpaired) electrons. The van der Waals surface area contributed by atoms with Gasteiger partial charge in [-0.3, -0.25) is 33.0 Å². The van der Waals surface area contributed by atoms with Crippen LogP contribution < -0.4 is 10.6 Å². The van der Waals surface area contributed by atoms with Crippen LogP contribution in [0.2, 0.25) is 0 Å². The Labute approximate surface area is 291 Å². The highest BCUT2D eigenvalue weighted by atomic mass is 32.2. The molecule has 0 aliphatic rings. The van der Waals surface area contributed by atoms with Gasteiger partial charge in [-0.2, -0.15) is 0 Å². The first kappa shape index (κ1) is 44.7. The molecule has 0 bridgehead atoms. The van der Waals surface area contributed by atoms with E-state index in [1.165, 1.54) is 59.5 Å². The Morgan fingerprint density at radius 2 is 1.10 bits per heavy atom. The molecule has 14 heteroatoms. The summed E-state index contributed by atoms with van der Waals surface area (Å²) in [6.45, 7) is 16.3. The zero-order valence-corrected chi connectivity index (χ0v) is 32.6. The van der Waals surface area contributed by atoms with Crippen molar-refractivity contribution in [2.24, 2.45) is 23.7 Å². The molecule has 0 aromatic heterocycles. The van der Waals surface area contributed by atoms with Gasteiger partial charge in [0, 0.05) is 63.8 Å². The molecule has 1 unspecified atom stereocenters. The molecule has 0 aliphatic carbocycles. The van der Waals surface area contributed by atoms with E-state index in [0.717, 1.165) is 6.08 Å². The van der Waals surface area contributed by atoms with Crippen molar-refractivity contribution in [3.8, 4) is 0 Å². The summed E-state index contributed by atoms with van der Waals surface area (Å²) in [5.41, 5.74) is 0. The standard InChI is InChI=1S/C34H62N6O7S/c1-16-22(7)28(30(42)35-10)39(13)33(45)26(20(3)4)36-31(43)27(21(5)6)38(12)34(46)29(23(8)17-2)40(14)32(44)24(9)37(11)25(41)18-19-48(15)47/h18-24,26-29H,16-17H2,1-15H3,(H,35,42)(H,36,43)/b19-18+/t22-,23-,24-,26-,27-,28-,29-,48?/m0/s1. The number of nitrogens with zero attached hydrogens (tertiary/aromatic N) is 4. The van der Waals surface area contributed by atoms with E-state index in [0.29, 0.717) is 12.8 Å². The highest BCUT2D eigenvalue weighted by molar-refractivity contribution is 7.87. The maximum atomic E-state index is 14.2. The summed E-state index contributed by atoms with van der Waals surface area (Å²) < 4.78 is 11.4. The Morgan fingerprint density at radius 3 is 1.52 bits per heavy atom. The molecule has 0 spiro atoms. The van der Waals surface area contributed by atoms with E-state index >= 15 is 0 Å². The molecule has 0 aliphatic heterocycles. The molecule has 0 heterocycles. The monoisotopic (exact) mass is 698 g/mol. The van der Waals surface area contributed by atoms with Crippen LogP contribution in [0.1, 0.15) is 75.2 Å². The third kappa shape index (κ3) is 11.7. The second-order valence-corrected chi connectivity index (χ2v) is 14.7. The van der Waals surface area contributed by atoms with Crippen LogP contribution in [-0.2, 0) is 39.6 Å². The second kappa shape index (κ2) is 20.3. The fourth-order valence-electron chi connectivity index (χ4n) is 5.64. The fourth-order valence-corrected chi connectivity index (χ4v) is 5.95. The average Bonchev–Trinajstić information content (AvgIpc) is 3.03. The lowest BCUT2D eigenvalue weighted by molar-refractivity contribution is -0.153. The number of hydrogen-bond acceptors (Lipinski definition) is 7. The number of rotatable bonds is 18. The first-order valence-corrected chi connectivity index (χ1v) is 18.3. The third-order valence-electron chi connectivity index (χ3n) is 9.25. The van der Waals surface area contributed by atoms with Gasteiger partial charge in [0.05, 0.1) is 0 Å². The summed E-state index contributed by atoms with van der Waals surface area (Å²) in [6.07, 6.45) is 3.78. The van der Waals surface area contributed by atoms with Crippen LogP contribution in [0.25, 0.3) is 0 Å². The number of amides is 6. The summed E-state index contributed by atoms with van der Waals surface area (Å²) in [7, 11) is 6.21. The van der Waals surface area contributed by atoms with Crippen molar-refractivity contribution >= 4 is 46.2 Å². The van der Waals surface area contributed by atoms with Gasteiger partial charge >= 0.3 is 0 Å². The van der Waals surface area contributed by atoms with Crippen molar-refractivity contribution in [3.63, 3.8) is 0 Å². The van der Waals surface area contributed by atoms with E-state index in [1.54, 1.807) is 41.7 Å². The average molecular weight is 699 g/mol. The molecule has 13 nitrogen and oxygen atoms in total. The molecule has 0 aromatic carbocycles. The number of carbonyl (C=O) groups excluding carboxylic acids is 6. The van der Waals surface area contributed by atoms with Crippen molar-refractivity contribution in [1.29, 1.82) is 0 Å². The predicted octanol–water partition coefficient (Wildman–Crippen LogP) is 1.84. The molecule has 0 saturated heterocycles. The Hall–Kier alpha value is -3.29.